The maximum absolute atomic E-state index is 5.70. The first-order valence-electron chi connectivity index (χ1n) is 9.28. The van der Waals surface area contributed by atoms with Gasteiger partial charge in [0.25, 0.3) is 0 Å². The number of aliphatic imine (C=N–C) groups is 1. The van der Waals surface area contributed by atoms with Crippen molar-refractivity contribution in [1.82, 2.24) is 25.2 Å². The molecule has 0 bridgehead atoms. The van der Waals surface area contributed by atoms with Crippen molar-refractivity contribution in [2.75, 3.05) is 20.8 Å². The van der Waals surface area contributed by atoms with Crippen molar-refractivity contribution in [3.63, 3.8) is 0 Å². The van der Waals surface area contributed by atoms with Crippen LogP contribution in [0, 0.1) is 0 Å². The van der Waals surface area contributed by atoms with Gasteiger partial charge in [0, 0.05) is 19.8 Å². The minimum Gasteiger partial charge on any atom is -0.493 e. The number of hydrogen-bond donors (Lipinski definition) is 2. The predicted molar refractivity (Wildman–Crippen MR) is 124 cm³/mol. The molecule has 2 N–H and O–H groups in total. The fourth-order valence-electron chi connectivity index (χ4n) is 2.73. The molecule has 0 aliphatic carbocycles. The average molecular weight is 510 g/mol. The van der Waals surface area contributed by atoms with Gasteiger partial charge in [0.05, 0.1) is 20.3 Å². The van der Waals surface area contributed by atoms with Crippen LogP contribution in [-0.2, 0) is 13.1 Å². The van der Waals surface area contributed by atoms with Crippen molar-refractivity contribution in [3.05, 3.63) is 54.0 Å². The Bertz CT molecular complexity index is 944. The monoisotopic (exact) mass is 510 g/mol. The Balaban J connectivity index is 0.00000300. The Morgan fingerprint density at radius 3 is 2.69 bits per heavy atom. The summed E-state index contributed by atoms with van der Waals surface area (Å²) in [6.07, 6.45) is 2.90. The molecule has 1 aromatic carbocycles. The van der Waals surface area contributed by atoms with E-state index in [0.717, 1.165) is 35.0 Å². The summed E-state index contributed by atoms with van der Waals surface area (Å²) < 4.78 is 13.1. The molecule has 0 saturated carbocycles. The van der Waals surface area contributed by atoms with Crippen LogP contribution in [0.15, 0.2) is 47.6 Å². The lowest BCUT2D eigenvalue weighted by Gasteiger charge is -2.14. The third-order valence-electron chi connectivity index (χ3n) is 4.17. The normalized spacial score (nSPS) is 11.1. The number of rotatable bonds is 8. The molecular formula is C20H27IN6O2. The molecule has 0 fully saturated rings. The van der Waals surface area contributed by atoms with Gasteiger partial charge in [-0.05, 0) is 36.2 Å². The van der Waals surface area contributed by atoms with Crippen LogP contribution in [0.3, 0.4) is 0 Å². The van der Waals surface area contributed by atoms with Gasteiger partial charge in [-0.3, -0.25) is 9.39 Å². The standard InChI is InChI=1S/C20H26N6O2.HI/c1-4-11-28-16-9-8-15(12-17(16)27-3)13-22-20(21-2)23-14-19-25-24-18-7-5-6-10-26(18)19;/h5-10,12H,4,11,13-14H2,1-3H3,(H2,21,22,23);1H. The highest BCUT2D eigenvalue weighted by atomic mass is 127. The van der Waals surface area contributed by atoms with Crippen LogP contribution in [0.1, 0.15) is 24.7 Å². The molecule has 2 aromatic heterocycles. The van der Waals surface area contributed by atoms with Gasteiger partial charge in [-0.15, -0.1) is 34.2 Å². The molecule has 29 heavy (non-hydrogen) atoms. The molecule has 0 saturated heterocycles. The van der Waals surface area contributed by atoms with Crippen molar-refractivity contribution in [1.29, 1.82) is 0 Å². The third-order valence-corrected chi connectivity index (χ3v) is 4.17. The van der Waals surface area contributed by atoms with Gasteiger partial charge < -0.3 is 20.1 Å². The van der Waals surface area contributed by atoms with E-state index >= 15 is 0 Å². The van der Waals surface area contributed by atoms with Crippen LogP contribution >= 0.6 is 24.0 Å². The summed E-state index contributed by atoms with van der Waals surface area (Å²) in [6, 6.07) is 11.7. The Kier molecular flexibility index (Phi) is 8.97. The molecule has 0 unspecified atom stereocenters. The Labute approximate surface area is 187 Å². The number of aromatic nitrogens is 3. The number of guanidine groups is 1. The summed E-state index contributed by atoms with van der Waals surface area (Å²) >= 11 is 0. The number of fused-ring (bicyclic) bond motifs is 1. The lowest BCUT2D eigenvalue weighted by Crippen LogP contribution is -2.36. The summed E-state index contributed by atoms with van der Waals surface area (Å²) in [4.78, 5) is 4.26. The quantitative estimate of drug-likeness (QED) is 0.276. The smallest absolute Gasteiger partial charge is 0.191 e. The minimum atomic E-state index is 0. The molecule has 9 heteroatoms. The number of nitrogens with one attached hydrogen (secondary N) is 2. The van der Waals surface area contributed by atoms with Gasteiger partial charge in [-0.1, -0.05) is 19.1 Å². The number of benzene rings is 1. The fraction of sp³-hybridized carbons (Fsp3) is 0.350. The predicted octanol–water partition coefficient (Wildman–Crippen LogP) is 3.01. The SMILES string of the molecule is CCCOc1ccc(CNC(=NC)NCc2nnc3ccccn23)cc1OC.I. The highest BCUT2D eigenvalue weighted by molar-refractivity contribution is 14.0. The summed E-state index contributed by atoms with van der Waals surface area (Å²) in [5, 5.41) is 14.9. The van der Waals surface area contributed by atoms with Gasteiger partial charge in [-0.25, -0.2) is 0 Å². The summed E-state index contributed by atoms with van der Waals surface area (Å²) in [6.45, 7) is 3.86. The lowest BCUT2D eigenvalue weighted by molar-refractivity contribution is 0.294. The number of pyridine rings is 1. The van der Waals surface area contributed by atoms with Gasteiger partial charge >= 0.3 is 0 Å². The fourth-order valence-corrected chi connectivity index (χ4v) is 2.73. The molecule has 3 rings (SSSR count). The Morgan fingerprint density at radius 1 is 1.10 bits per heavy atom. The van der Waals surface area contributed by atoms with E-state index in [2.05, 4.69) is 32.7 Å². The van der Waals surface area contributed by atoms with Crippen molar-refractivity contribution in [3.8, 4) is 11.5 Å². The Hall–Kier alpha value is -2.56. The molecular weight excluding hydrogens is 483 g/mol. The number of nitrogens with zero attached hydrogens (tertiary/aromatic N) is 4. The van der Waals surface area contributed by atoms with Crippen LogP contribution in [0.25, 0.3) is 5.65 Å². The number of methoxy groups -OCH3 is 1. The van der Waals surface area contributed by atoms with E-state index in [1.807, 2.05) is 47.0 Å². The Morgan fingerprint density at radius 2 is 1.93 bits per heavy atom. The highest BCUT2D eigenvalue weighted by Gasteiger charge is 2.08. The minimum absolute atomic E-state index is 0. The molecule has 0 spiro atoms. The van der Waals surface area contributed by atoms with Crippen molar-refractivity contribution >= 4 is 35.6 Å². The number of halogens is 1. The topological polar surface area (TPSA) is 85.1 Å². The van der Waals surface area contributed by atoms with Crippen molar-refractivity contribution in [2.24, 2.45) is 4.99 Å². The van der Waals surface area contributed by atoms with Crippen LogP contribution < -0.4 is 20.1 Å². The first-order valence-corrected chi connectivity index (χ1v) is 9.28. The van der Waals surface area contributed by atoms with Crippen LogP contribution in [-0.4, -0.2) is 41.3 Å². The van der Waals surface area contributed by atoms with E-state index in [1.54, 1.807) is 14.2 Å². The highest BCUT2D eigenvalue weighted by Crippen LogP contribution is 2.28. The zero-order chi connectivity index (χ0) is 19.8. The zero-order valence-electron chi connectivity index (χ0n) is 16.9. The molecule has 0 radical (unpaired) electrons. The van der Waals surface area contributed by atoms with Crippen molar-refractivity contribution < 1.29 is 9.47 Å². The molecule has 0 amide bonds. The lowest BCUT2D eigenvalue weighted by atomic mass is 10.2. The maximum atomic E-state index is 5.70. The zero-order valence-corrected chi connectivity index (χ0v) is 19.2. The average Bonchev–Trinajstić information content (AvgIpc) is 3.16. The van der Waals surface area contributed by atoms with Crippen molar-refractivity contribution in [2.45, 2.75) is 26.4 Å². The molecule has 0 aliphatic rings. The molecule has 156 valence electrons. The van der Waals surface area contributed by atoms with Crippen LogP contribution in [0.2, 0.25) is 0 Å². The number of hydrogen-bond acceptors (Lipinski definition) is 5. The molecule has 0 aliphatic heterocycles. The molecule has 3 aromatic rings. The largest absolute Gasteiger partial charge is 0.493 e. The van der Waals surface area contributed by atoms with Gasteiger partial charge in [0.15, 0.2) is 28.9 Å². The summed E-state index contributed by atoms with van der Waals surface area (Å²) in [5.41, 5.74) is 1.89. The molecule has 8 nitrogen and oxygen atoms in total. The van der Waals surface area contributed by atoms with E-state index in [0.29, 0.717) is 25.7 Å². The van der Waals surface area contributed by atoms with Gasteiger partial charge in [0.1, 0.15) is 0 Å². The van der Waals surface area contributed by atoms with E-state index in [1.165, 1.54) is 0 Å². The van der Waals surface area contributed by atoms with Gasteiger partial charge in [0.2, 0.25) is 0 Å². The summed E-state index contributed by atoms with van der Waals surface area (Å²) in [7, 11) is 3.38. The van der Waals surface area contributed by atoms with Crippen LogP contribution in [0.5, 0.6) is 11.5 Å². The summed E-state index contributed by atoms with van der Waals surface area (Å²) in [5.74, 6) is 2.98. The number of ether oxygens (including phenoxy) is 2. The first kappa shape index (κ1) is 22.7. The van der Waals surface area contributed by atoms with Gasteiger partial charge in [-0.2, -0.15) is 0 Å². The second-order valence-corrected chi connectivity index (χ2v) is 6.16. The van der Waals surface area contributed by atoms with E-state index in [-0.39, 0.29) is 24.0 Å². The van der Waals surface area contributed by atoms with Crippen LogP contribution in [0.4, 0.5) is 0 Å². The van der Waals surface area contributed by atoms with E-state index < -0.39 is 0 Å². The van der Waals surface area contributed by atoms with E-state index in [9.17, 15) is 0 Å². The second kappa shape index (κ2) is 11.4. The molecule has 2 heterocycles. The second-order valence-electron chi connectivity index (χ2n) is 6.16. The molecule has 0 atom stereocenters. The first-order chi connectivity index (χ1) is 13.7. The maximum Gasteiger partial charge on any atom is 0.191 e. The third kappa shape index (κ3) is 5.96. The van der Waals surface area contributed by atoms with E-state index in [4.69, 9.17) is 9.47 Å².